The molecule has 2 aliphatic carbocycles. The number of nitrogens with two attached hydrogens (primary N) is 1. The fraction of sp³-hybridized carbons (Fsp3) is 0.650. The first-order chi connectivity index (χ1) is 12.3. The zero-order chi connectivity index (χ0) is 18.9. The van der Waals surface area contributed by atoms with Crippen molar-refractivity contribution in [3.8, 4) is 0 Å². The number of amides is 1. The number of alkyl halides is 3. The van der Waals surface area contributed by atoms with Crippen molar-refractivity contribution in [2.75, 3.05) is 0 Å². The van der Waals surface area contributed by atoms with Crippen LogP contribution in [0.15, 0.2) is 24.3 Å². The van der Waals surface area contributed by atoms with E-state index in [0.29, 0.717) is 11.8 Å². The minimum atomic E-state index is -4.40. The lowest BCUT2D eigenvalue weighted by Gasteiger charge is -2.45. The number of rotatable bonds is 4. The Kier molecular flexibility index (Phi) is 7.20. The molecule has 0 aromatic heterocycles. The van der Waals surface area contributed by atoms with Crippen LogP contribution in [0.4, 0.5) is 13.2 Å². The Morgan fingerprint density at radius 2 is 1.81 bits per heavy atom. The molecule has 2 bridgehead atoms. The maximum Gasteiger partial charge on any atom is 0.416 e. The first-order valence-corrected chi connectivity index (χ1v) is 9.46. The number of halogens is 4. The molecule has 1 amide bonds. The molecule has 1 aromatic carbocycles. The third kappa shape index (κ3) is 5.17. The summed E-state index contributed by atoms with van der Waals surface area (Å²) in [4.78, 5) is 12.5. The number of carbonyl (C=O) groups excluding carboxylic acids is 1. The quantitative estimate of drug-likeness (QED) is 0.767. The highest BCUT2D eigenvalue weighted by molar-refractivity contribution is 5.85. The first kappa shape index (κ1) is 22.0. The lowest BCUT2D eigenvalue weighted by Crippen LogP contribution is -2.53. The number of benzene rings is 1. The van der Waals surface area contributed by atoms with E-state index in [0.717, 1.165) is 31.7 Å². The van der Waals surface area contributed by atoms with Gasteiger partial charge in [0.1, 0.15) is 0 Å². The Morgan fingerprint density at radius 1 is 1.22 bits per heavy atom. The average Bonchev–Trinajstić information content (AvgIpc) is 2.55. The van der Waals surface area contributed by atoms with Gasteiger partial charge >= 0.3 is 6.18 Å². The molecule has 0 spiro atoms. The summed E-state index contributed by atoms with van der Waals surface area (Å²) in [5.41, 5.74) is 5.64. The second-order valence-corrected chi connectivity index (χ2v) is 7.97. The van der Waals surface area contributed by atoms with E-state index in [1.165, 1.54) is 18.6 Å². The second kappa shape index (κ2) is 8.82. The van der Waals surface area contributed by atoms with Gasteiger partial charge in [0.2, 0.25) is 5.91 Å². The molecule has 0 heterocycles. The van der Waals surface area contributed by atoms with Crippen LogP contribution in [0.25, 0.3) is 0 Å². The summed E-state index contributed by atoms with van der Waals surface area (Å²) in [6.07, 6.45) is 0.821. The lowest BCUT2D eigenvalue weighted by molar-refractivity contribution is -0.138. The van der Waals surface area contributed by atoms with E-state index in [9.17, 15) is 18.0 Å². The summed E-state index contributed by atoms with van der Waals surface area (Å²) >= 11 is 0. The van der Waals surface area contributed by atoms with Crippen LogP contribution < -0.4 is 11.1 Å². The summed E-state index contributed by atoms with van der Waals surface area (Å²) in [6.45, 7) is 1.68. The van der Waals surface area contributed by atoms with Gasteiger partial charge in [-0.05, 0) is 55.1 Å². The van der Waals surface area contributed by atoms with Gasteiger partial charge in [-0.15, -0.1) is 12.4 Å². The summed E-state index contributed by atoms with van der Waals surface area (Å²) in [7, 11) is 0. The number of carbonyl (C=O) groups is 1. The van der Waals surface area contributed by atoms with Gasteiger partial charge in [0.15, 0.2) is 0 Å². The maximum absolute atomic E-state index is 13.2. The van der Waals surface area contributed by atoms with Crippen molar-refractivity contribution in [1.29, 1.82) is 0 Å². The molecule has 27 heavy (non-hydrogen) atoms. The number of hydrogen-bond donors (Lipinski definition) is 2. The van der Waals surface area contributed by atoms with Gasteiger partial charge in [0.25, 0.3) is 0 Å². The Morgan fingerprint density at radius 3 is 2.41 bits per heavy atom. The van der Waals surface area contributed by atoms with Crippen LogP contribution in [0.1, 0.15) is 62.5 Å². The molecule has 3 nitrogen and oxygen atoms in total. The van der Waals surface area contributed by atoms with Gasteiger partial charge in [0.05, 0.1) is 5.56 Å². The van der Waals surface area contributed by atoms with Crippen LogP contribution in [0.2, 0.25) is 0 Å². The minimum Gasteiger partial charge on any atom is -0.353 e. The van der Waals surface area contributed by atoms with Crippen LogP contribution in [0.5, 0.6) is 0 Å². The number of hydrogen-bond acceptors (Lipinski definition) is 2. The van der Waals surface area contributed by atoms with E-state index in [1.807, 2.05) is 0 Å². The van der Waals surface area contributed by atoms with Gasteiger partial charge in [-0.25, -0.2) is 0 Å². The van der Waals surface area contributed by atoms with Gasteiger partial charge in [-0.3, -0.25) is 4.79 Å². The average molecular weight is 405 g/mol. The molecule has 7 heteroatoms. The number of nitrogens with one attached hydrogen (secondary N) is 1. The molecule has 152 valence electrons. The molecule has 3 rings (SSSR count). The topological polar surface area (TPSA) is 55.1 Å². The zero-order valence-electron chi connectivity index (χ0n) is 15.5. The van der Waals surface area contributed by atoms with E-state index in [-0.39, 0.29) is 42.4 Å². The highest BCUT2D eigenvalue weighted by Crippen LogP contribution is 2.40. The Hall–Kier alpha value is -1.27. The molecular weight excluding hydrogens is 377 g/mol. The summed E-state index contributed by atoms with van der Waals surface area (Å²) in [6, 6.07) is 5.85. The predicted molar refractivity (Wildman–Crippen MR) is 102 cm³/mol. The predicted octanol–water partition coefficient (Wildman–Crippen LogP) is 4.64. The monoisotopic (exact) mass is 404 g/mol. The van der Waals surface area contributed by atoms with Gasteiger partial charge in [-0.2, -0.15) is 13.2 Å². The van der Waals surface area contributed by atoms with Crippen molar-refractivity contribution in [2.45, 2.75) is 69.6 Å². The maximum atomic E-state index is 13.2. The fourth-order valence-corrected chi connectivity index (χ4v) is 4.84. The molecule has 0 radical (unpaired) electrons. The lowest BCUT2D eigenvalue weighted by atomic mass is 9.67. The van der Waals surface area contributed by atoms with Gasteiger partial charge in [-0.1, -0.05) is 31.5 Å². The summed E-state index contributed by atoms with van der Waals surface area (Å²) in [5, 5.41) is 3.12. The summed E-state index contributed by atoms with van der Waals surface area (Å²) in [5.74, 6) is 0.156. The smallest absolute Gasteiger partial charge is 0.353 e. The van der Waals surface area contributed by atoms with E-state index >= 15 is 0 Å². The molecule has 0 aliphatic heterocycles. The standard InChI is InChI=1S/C20H27F3N2O.ClH/c1-12(16-7-2-3-8-17(16)20(21,22)23)9-18(26)25-19-13-5-4-6-14(19)11-15(24)10-13;/h2-3,7-8,12-15,19H,4-6,9-11,24H2,1H3,(H,25,26);1H. The Bertz CT molecular complexity index is 638. The van der Waals surface area contributed by atoms with Crippen LogP contribution in [-0.2, 0) is 11.0 Å². The molecular formula is C20H28ClF3N2O. The van der Waals surface area contributed by atoms with E-state index in [2.05, 4.69) is 5.32 Å². The molecule has 2 aliphatic rings. The molecule has 2 saturated carbocycles. The van der Waals surface area contributed by atoms with Crippen LogP contribution in [0, 0.1) is 11.8 Å². The molecule has 3 unspecified atom stereocenters. The molecule has 1 aromatic rings. The van der Waals surface area contributed by atoms with Gasteiger partial charge in [0, 0.05) is 18.5 Å². The van der Waals surface area contributed by atoms with Crippen LogP contribution in [-0.4, -0.2) is 18.0 Å². The van der Waals surface area contributed by atoms with Crippen molar-refractivity contribution in [1.82, 2.24) is 5.32 Å². The molecule has 2 fully saturated rings. The van der Waals surface area contributed by atoms with E-state index in [1.54, 1.807) is 13.0 Å². The molecule has 0 saturated heterocycles. The van der Waals surface area contributed by atoms with E-state index < -0.39 is 17.7 Å². The van der Waals surface area contributed by atoms with Crippen molar-refractivity contribution in [2.24, 2.45) is 17.6 Å². The van der Waals surface area contributed by atoms with Crippen molar-refractivity contribution >= 4 is 18.3 Å². The molecule has 3 N–H and O–H groups in total. The van der Waals surface area contributed by atoms with Crippen molar-refractivity contribution in [3.63, 3.8) is 0 Å². The highest BCUT2D eigenvalue weighted by atomic mass is 35.5. The normalized spacial score (nSPS) is 28.8. The highest BCUT2D eigenvalue weighted by Gasteiger charge is 2.40. The first-order valence-electron chi connectivity index (χ1n) is 9.46. The zero-order valence-corrected chi connectivity index (χ0v) is 16.3. The Labute approximate surface area is 164 Å². The SMILES string of the molecule is CC(CC(=O)NC1C2CCCC1CC(N)C2)c1ccccc1C(F)(F)F.Cl. The van der Waals surface area contributed by atoms with Crippen molar-refractivity contribution in [3.05, 3.63) is 35.4 Å². The molecule has 3 atom stereocenters. The van der Waals surface area contributed by atoms with E-state index in [4.69, 9.17) is 5.73 Å². The van der Waals surface area contributed by atoms with Crippen LogP contribution in [0.3, 0.4) is 0 Å². The van der Waals surface area contributed by atoms with Gasteiger partial charge < -0.3 is 11.1 Å². The largest absolute Gasteiger partial charge is 0.416 e. The second-order valence-electron chi connectivity index (χ2n) is 7.97. The minimum absolute atomic E-state index is 0. The Balaban J connectivity index is 0.00000261. The van der Waals surface area contributed by atoms with Crippen LogP contribution >= 0.6 is 12.4 Å². The third-order valence-corrected chi connectivity index (χ3v) is 5.99. The number of fused-ring (bicyclic) bond motifs is 2. The van der Waals surface area contributed by atoms with Crippen molar-refractivity contribution < 1.29 is 18.0 Å². The fourth-order valence-electron chi connectivity index (χ4n) is 4.84. The summed E-state index contributed by atoms with van der Waals surface area (Å²) < 4.78 is 39.6. The third-order valence-electron chi connectivity index (χ3n) is 5.99.